The molecule has 1 aromatic heterocycles. The van der Waals surface area contributed by atoms with Crippen LogP contribution in [0.2, 0.25) is 0 Å². The van der Waals surface area contributed by atoms with Gasteiger partial charge in [-0.05, 0) is 51.3 Å². The zero-order valence-corrected chi connectivity index (χ0v) is 16.6. The van der Waals surface area contributed by atoms with E-state index in [0.29, 0.717) is 37.2 Å². The summed E-state index contributed by atoms with van der Waals surface area (Å²) >= 11 is 0. The van der Waals surface area contributed by atoms with E-state index in [9.17, 15) is 4.79 Å². The van der Waals surface area contributed by atoms with E-state index in [2.05, 4.69) is 34.3 Å². The summed E-state index contributed by atoms with van der Waals surface area (Å²) in [7, 11) is 0. The number of aromatic nitrogens is 2. The summed E-state index contributed by atoms with van der Waals surface area (Å²) in [6.45, 7) is 9.46. The van der Waals surface area contributed by atoms with Crippen LogP contribution >= 0.6 is 0 Å². The summed E-state index contributed by atoms with van der Waals surface area (Å²) in [5.74, 6) is 1.77. The molecule has 2 aromatic rings. The van der Waals surface area contributed by atoms with Crippen molar-refractivity contribution in [3.8, 4) is 11.5 Å². The number of likely N-dealkylation sites (tertiary alicyclic amines) is 1. The lowest BCUT2D eigenvalue weighted by Crippen LogP contribution is -2.46. The molecule has 0 radical (unpaired) electrons. The van der Waals surface area contributed by atoms with E-state index in [1.54, 1.807) is 0 Å². The fourth-order valence-corrected chi connectivity index (χ4v) is 3.49. The second kappa shape index (κ2) is 9.13. The van der Waals surface area contributed by atoms with Gasteiger partial charge in [-0.15, -0.1) is 10.2 Å². The van der Waals surface area contributed by atoms with Gasteiger partial charge in [0.2, 0.25) is 17.7 Å². The van der Waals surface area contributed by atoms with Crippen molar-refractivity contribution in [1.82, 2.24) is 20.4 Å². The minimum absolute atomic E-state index is 0.0296. The van der Waals surface area contributed by atoms with Crippen LogP contribution in [-0.2, 0) is 11.2 Å². The van der Waals surface area contributed by atoms with Crippen molar-refractivity contribution in [2.45, 2.75) is 52.5 Å². The first-order chi connectivity index (χ1) is 13.0. The summed E-state index contributed by atoms with van der Waals surface area (Å²) in [5, 5.41) is 11.2. The van der Waals surface area contributed by atoms with E-state index >= 15 is 0 Å². The number of hydrogen-bond donors (Lipinski definition) is 1. The summed E-state index contributed by atoms with van der Waals surface area (Å²) in [5.41, 5.74) is 2.08. The summed E-state index contributed by atoms with van der Waals surface area (Å²) in [6.07, 6.45) is 3.38. The first-order valence-corrected chi connectivity index (χ1v) is 9.91. The van der Waals surface area contributed by atoms with Crippen molar-refractivity contribution >= 4 is 5.91 Å². The van der Waals surface area contributed by atoms with Gasteiger partial charge >= 0.3 is 0 Å². The molecule has 146 valence electrons. The largest absolute Gasteiger partial charge is 0.421 e. The molecule has 2 heterocycles. The number of piperidine rings is 1. The molecule has 0 bridgehead atoms. The van der Waals surface area contributed by atoms with Crippen LogP contribution in [0.5, 0.6) is 0 Å². The highest BCUT2D eigenvalue weighted by molar-refractivity contribution is 5.76. The first kappa shape index (κ1) is 19.5. The standard InChI is InChI=1S/C21H30N4O2/c1-15-6-8-18(9-7-15)21-24-23-20(27-21)11-10-19(26)22-13-17(3)25-12-4-5-16(2)14-25/h6-9,16-17H,4-5,10-14H2,1-3H3,(H,22,26). The Morgan fingerprint density at radius 2 is 2.11 bits per heavy atom. The van der Waals surface area contributed by atoms with E-state index in [1.807, 2.05) is 31.2 Å². The van der Waals surface area contributed by atoms with Crippen molar-refractivity contribution in [2.75, 3.05) is 19.6 Å². The van der Waals surface area contributed by atoms with Gasteiger partial charge in [0.1, 0.15) is 0 Å². The van der Waals surface area contributed by atoms with Gasteiger partial charge in [0.25, 0.3) is 0 Å². The molecule has 6 heteroatoms. The fraction of sp³-hybridized carbons (Fsp3) is 0.571. The van der Waals surface area contributed by atoms with Crippen molar-refractivity contribution in [3.05, 3.63) is 35.7 Å². The highest BCUT2D eigenvalue weighted by Gasteiger charge is 2.21. The Kier molecular flexibility index (Phi) is 6.61. The van der Waals surface area contributed by atoms with E-state index in [1.165, 1.54) is 18.4 Å². The number of benzene rings is 1. The van der Waals surface area contributed by atoms with Gasteiger partial charge in [0.05, 0.1) is 0 Å². The third-order valence-corrected chi connectivity index (χ3v) is 5.24. The Bertz CT molecular complexity index is 741. The Morgan fingerprint density at radius 1 is 1.33 bits per heavy atom. The van der Waals surface area contributed by atoms with E-state index < -0.39 is 0 Å². The molecule has 1 aromatic carbocycles. The minimum Gasteiger partial charge on any atom is -0.421 e. The number of nitrogens with one attached hydrogen (secondary N) is 1. The zero-order valence-electron chi connectivity index (χ0n) is 16.6. The molecule has 0 spiro atoms. The van der Waals surface area contributed by atoms with Crippen molar-refractivity contribution in [1.29, 1.82) is 0 Å². The third kappa shape index (κ3) is 5.63. The number of amides is 1. The van der Waals surface area contributed by atoms with Gasteiger partial charge in [-0.2, -0.15) is 0 Å². The van der Waals surface area contributed by atoms with Crippen molar-refractivity contribution in [2.24, 2.45) is 5.92 Å². The second-order valence-electron chi connectivity index (χ2n) is 7.76. The predicted molar refractivity (Wildman–Crippen MR) is 105 cm³/mol. The molecule has 0 saturated carbocycles. The Balaban J connectivity index is 1.42. The van der Waals surface area contributed by atoms with Crippen LogP contribution in [0.1, 0.15) is 44.6 Å². The Hall–Kier alpha value is -2.21. The summed E-state index contributed by atoms with van der Waals surface area (Å²) in [6, 6.07) is 8.31. The summed E-state index contributed by atoms with van der Waals surface area (Å²) < 4.78 is 5.68. The molecule has 1 N–H and O–H groups in total. The number of nitrogens with zero attached hydrogens (tertiary/aromatic N) is 3. The molecule has 1 amide bonds. The van der Waals surface area contributed by atoms with Crippen LogP contribution in [0, 0.1) is 12.8 Å². The van der Waals surface area contributed by atoms with Crippen LogP contribution in [0.3, 0.4) is 0 Å². The number of aryl methyl sites for hydroxylation is 2. The van der Waals surface area contributed by atoms with E-state index in [-0.39, 0.29) is 5.91 Å². The van der Waals surface area contributed by atoms with Crippen LogP contribution in [0.25, 0.3) is 11.5 Å². The van der Waals surface area contributed by atoms with E-state index in [4.69, 9.17) is 4.42 Å². The molecular formula is C21H30N4O2. The van der Waals surface area contributed by atoms with Gasteiger partial charge in [-0.3, -0.25) is 9.69 Å². The molecule has 6 nitrogen and oxygen atoms in total. The lowest BCUT2D eigenvalue weighted by molar-refractivity contribution is -0.121. The number of carbonyl (C=O) groups excluding carboxylic acids is 1. The van der Waals surface area contributed by atoms with Gasteiger partial charge in [-0.25, -0.2) is 0 Å². The average molecular weight is 370 g/mol. The Morgan fingerprint density at radius 3 is 2.85 bits per heavy atom. The highest BCUT2D eigenvalue weighted by atomic mass is 16.4. The molecule has 1 fully saturated rings. The highest BCUT2D eigenvalue weighted by Crippen LogP contribution is 2.19. The number of hydrogen-bond acceptors (Lipinski definition) is 5. The smallest absolute Gasteiger partial charge is 0.247 e. The molecule has 1 aliphatic rings. The molecule has 27 heavy (non-hydrogen) atoms. The number of rotatable bonds is 7. The quantitative estimate of drug-likeness (QED) is 0.810. The van der Waals surface area contributed by atoms with Crippen LogP contribution in [0.15, 0.2) is 28.7 Å². The molecule has 3 rings (SSSR count). The maximum absolute atomic E-state index is 12.2. The maximum atomic E-state index is 12.2. The second-order valence-corrected chi connectivity index (χ2v) is 7.76. The zero-order chi connectivity index (χ0) is 19.2. The third-order valence-electron chi connectivity index (χ3n) is 5.24. The van der Waals surface area contributed by atoms with Gasteiger partial charge in [0, 0.05) is 37.5 Å². The van der Waals surface area contributed by atoms with Gasteiger partial charge in [0.15, 0.2) is 0 Å². The first-order valence-electron chi connectivity index (χ1n) is 9.91. The normalized spacial score (nSPS) is 19.0. The molecule has 1 aliphatic heterocycles. The maximum Gasteiger partial charge on any atom is 0.247 e. The monoisotopic (exact) mass is 370 g/mol. The molecule has 1 saturated heterocycles. The molecule has 0 aliphatic carbocycles. The number of carbonyl (C=O) groups is 1. The topological polar surface area (TPSA) is 71.3 Å². The molecule has 2 atom stereocenters. The lowest BCUT2D eigenvalue weighted by Gasteiger charge is -2.35. The SMILES string of the molecule is Cc1ccc(-c2nnc(CCC(=O)NCC(C)N3CCCC(C)C3)o2)cc1. The van der Waals surface area contributed by atoms with Crippen molar-refractivity contribution in [3.63, 3.8) is 0 Å². The Labute approximate surface area is 161 Å². The van der Waals surface area contributed by atoms with Gasteiger partial charge in [-0.1, -0.05) is 24.6 Å². The van der Waals surface area contributed by atoms with Gasteiger partial charge < -0.3 is 9.73 Å². The minimum atomic E-state index is 0.0296. The van der Waals surface area contributed by atoms with Crippen molar-refractivity contribution < 1.29 is 9.21 Å². The molecule has 2 unspecified atom stereocenters. The summed E-state index contributed by atoms with van der Waals surface area (Å²) in [4.78, 5) is 14.6. The van der Waals surface area contributed by atoms with Crippen LogP contribution in [-0.4, -0.2) is 46.7 Å². The lowest BCUT2D eigenvalue weighted by atomic mass is 9.99. The fourth-order valence-electron chi connectivity index (χ4n) is 3.49. The van der Waals surface area contributed by atoms with Crippen LogP contribution < -0.4 is 5.32 Å². The predicted octanol–water partition coefficient (Wildman–Crippen LogP) is 3.21. The average Bonchev–Trinajstić information content (AvgIpc) is 3.14. The van der Waals surface area contributed by atoms with Crippen LogP contribution in [0.4, 0.5) is 0 Å². The molecular weight excluding hydrogens is 340 g/mol. The van der Waals surface area contributed by atoms with E-state index in [0.717, 1.165) is 24.6 Å².